The molecule has 4 heteroatoms. The number of para-hydroxylation sites is 1. The summed E-state index contributed by atoms with van der Waals surface area (Å²) in [5.41, 5.74) is 2.65. The molecule has 1 spiro atoms. The first-order valence-corrected chi connectivity index (χ1v) is 9.47. The zero-order valence-corrected chi connectivity index (χ0v) is 14.9. The molecule has 0 unspecified atom stereocenters. The summed E-state index contributed by atoms with van der Waals surface area (Å²) < 4.78 is 0. The number of benzene rings is 1. The van der Waals surface area contributed by atoms with Gasteiger partial charge in [0, 0.05) is 24.7 Å². The molecule has 2 fully saturated rings. The zero-order valence-electron chi connectivity index (χ0n) is 14.9. The van der Waals surface area contributed by atoms with E-state index in [0.29, 0.717) is 17.9 Å². The van der Waals surface area contributed by atoms with E-state index in [1.54, 1.807) is 0 Å². The molecule has 0 aromatic heterocycles. The van der Waals surface area contributed by atoms with Crippen LogP contribution in [0.15, 0.2) is 24.3 Å². The third kappa shape index (κ3) is 4.58. The van der Waals surface area contributed by atoms with Crippen molar-refractivity contribution >= 4 is 11.6 Å². The number of amides is 1. The van der Waals surface area contributed by atoms with E-state index in [-0.39, 0.29) is 5.91 Å². The second-order valence-corrected chi connectivity index (χ2v) is 7.59. The molecule has 1 aliphatic heterocycles. The lowest BCUT2D eigenvalue weighted by Gasteiger charge is -2.43. The van der Waals surface area contributed by atoms with Crippen LogP contribution in [0.4, 0.5) is 5.69 Å². The first-order valence-electron chi connectivity index (χ1n) is 9.47. The van der Waals surface area contributed by atoms with Crippen LogP contribution in [0, 0.1) is 12.3 Å². The maximum absolute atomic E-state index is 12.1. The Morgan fingerprint density at radius 1 is 1.17 bits per heavy atom. The van der Waals surface area contributed by atoms with Gasteiger partial charge in [-0.1, -0.05) is 18.2 Å². The predicted molar refractivity (Wildman–Crippen MR) is 99.2 cm³/mol. The Hall–Kier alpha value is -1.39. The van der Waals surface area contributed by atoms with Gasteiger partial charge in [-0.15, -0.1) is 0 Å². The highest BCUT2D eigenvalue weighted by Crippen LogP contribution is 2.43. The topological polar surface area (TPSA) is 53.2 Å². The molecule has 0 atom stereocenters. The fourth-order valence-corrected chi connectivity index (χ4v) is 4.21. The van der Waals surface area contributed by atoms with Crippen molar-refractivity contribution in [3.05, 3.63) is 29.8 Å². The molecule has 1 amide bonds. The molecule has 1 aromatic rings. The van der Waals surface area contributed by atoms with E-state index in [1.807, 2.05) is 31.2 Å². The average Bonchev–Trinajstić information content (AvgIpc) is 2.60. The molecule has 4 nitrogen and oxygen atoms in total. The van der Waals surface area contributed by atoms with Crippen LogP contribution in [-0.2, 0) is 4.79 Å². The van der Waals surface area contributed by atoms with Gasteiger partial charge in [0.25, 0.3) is 0 Å². The summed E-state index contributed by atoms with van der Waals surface area (Å²) >= 11 is 0. The molecule has 1 saturated carbocycles. The molecule has 1 aliphatic carbocycles. The Bertz CT molecular complexity index is 542. The molecule has 132 valence electrons. The number of piperidine rings is 1. The molecule has 1 heterocycles. The third-order valence-electron chi connectivity index (χ3n) is 5.91. The number of hydrogen-bond acceptors (Lipinski definition) is 3. The predicted octanol–water partition coefficient (Wildman–Crippen LogP) is 3.23. The highest BCUT2D eigenvalue weighted by Gasteiger charge is 2.35. The molecule has 3 N–H and O–H groups in total. The van der Waals surface area contributed by atoms with Gasteiger partial charge in [0.05, 0.1) is 0 Å². The van der Waals surface area contributed by atoms with Crippen LogP contribution in [0.2, 0.25) is 0 Å². The fraction of sp³-hybridized carbons (Fsp3) is 0.650. The molecular formula is C20H31N3O. The Morgan fingerprint density at radius 3 is 2.58 bits per heavy atom. The van der Waals surface area contributed by atoms with E-state index >= 15 is 0 Å². The highest BCUT2D eigenvalue weighted by molar-refractivity contribution is 5.91. The van der Waals surface area contributed by atoms with Gasteiger partial charge in [0.1, 0.15) is 0 Å². The summed E-state index contributed by atoms with van der Waals surface area (Å²) in [6.07, 6.45) is 8.46. The molecule has 2 aliphatic rings. The van der Waals surface area contributed by atoms with Crippen LogP contribution >= 0.6 is 0 Å². The van der Waals surface area contributed by atoms with Gasteiger partial charge in [-0.05, 0) is 75.6 Å². The molecule has 0 radical (unpaired) electrons. The van der Waals surface area contributed by atoms with E-state index in [2.05, 4.69) is 16.0 Å². The number of rotatable bonds is 5. The average molecular weight is 329 g/mol. The molecule has 0 bridgehead atoms. The minimum absolute atomic E-state index is 0.0995. The van der Waals surface area contributed by atoms with Crippen molar-refractivity contribution in [1.29, 1.82) is 0 Å². The van der Waals surface area contributed by atoms with Crippen LogP contribution in [0.3, 0.4) is 0 Å². The summed E-state index contributed by atoms with van der Waals surface area (Å²) in [6.45, 7) is 5.18. The number of nitrogens with one attached hydrogen (secondary N) is 3. The quantitative estimate of drug-likeness (QED) is 0.777. The fourth-order valence-electron chi connectivity index (χ4n) is 4.21. The lowest BCUT2D eigenvalue weighted by Crippen LogP contribution is -2.43. The monoisotopic (exact) mass is 329 g/mol. The van der Waals surface area contributed by atoms with Gasteiger partial charge in [0.15, 0.2) is 0 Å². The second kappa shape index (κ2) is 8.13. The minimum atomic E-state index is 0.0995. The van der Waals surface area contributed by atoms with Gasteiger partial charge in [-0.25, -0.2) is 0 Å². The molecule has 3 rings (SSSR count). The Labute approximate surface area is 145 Å². The van der Waals surface area contributed by atoms with Gasteiger partial charge in [-0.2, -0.15) is 0 Å². The van der Waals surface area contributed by atoms with E-state index in [4.69, 9.17) is 0 Å². The van der Waals surface area contributed by atoms with Crippen molar-refractivity contribution in [3.63, 3.8) is 0 Å². The van der Waals surface area contributed by atoms with Crippen molar-refractivity contribution in [2.75, 3.05) is 25.0 Å². The number of carbonyl (C=O) groups excluding carboxylic acids is 1. The van der Waals surface area contributed by atoms with Crippen LogP contribution in [0.1, 0.15) is 50.5 Å². The third-order valence-corrected chi connectivity index (χ3v) is 5.91. The van der Waals surface area contributed by atoms with E-state index in [0.717, 1.165) is 17.8 Å². The minimum Gasteiger partial charge on any atom is -0.326 e. The SMILES string of the molecule is Cc1ccccc1NC(=O)CCNC1CCC2(CCNCC2)CC1. The van der Waals surface area contributed by atoms with E-state index in [9.17, 15) is 4.79 Å². The lowest BCUT2D eigenvalue weighted by molar-refractivity contribution is -0.116. The van der Waals surface area contributed by atoms with Crippen LogP contribution in [0.5, 0.6) is 0 Å². The summed E-state index contributed by atoms with van der Waals surface area (Å²) in [5.74, 6) is 0.0995. The van der Waals surface area contributed by atoms with Crippen molar-refractivity contribution < 1.29 is 4.79 Å². The van der Waals surface area contributed by atoms with E-state index < -0.39 is 0 Å². The smallest absolute Gasteiger partial charge is 0.225 e. The number of hydrogen-bond donors (Lipinski definition) is 3. The summed E-state index contributed by atoms with van der Waals surface area (Å²) in [6, 6.07) is 8.52. The largest absolute Gasteiger partial charge is 0.326 e. The lowest BCUT2D eigenvalue weighted by atomic mass is 9.67. The van der Waals surface area contributed by atoms with Crippen molar-refractivity contribution in [3.8, 4) is 0 Å². The zero-order chi connectivity index (χ0) is 16.8. The number of carbonyl (C=O) groups is 1. The number of aryl methyl sites for hydroxylation is 1. The van der Waals surface area contributed by atoms with Crippen molar-refractivity contribution in [2.24, 2.45) is 5.41 Å². The maximum Gasteiger partial charge on any atom is 0.225 e. The standard InChI is InChI=1S/C20H31N3O/c1-16-4-2-3-5-18(16)23-19(24)8-13-22-17-6-9-20(10-7-17)11-14-21-15-12-20/h2-5,17,21-22H,6-15H2,1H3,(H,23,24). The first-order chi connectivity index (χ1) is 11.7. The Balaban J connectivity index is 1.35. The van der Waals surface area contributed by atoms with E-state index in [1.165, 1.54) is 51.6 Å². The Kier molecular flexibility index (Phi) is 5.90. The van der Waals surface area contributed by atoms with Gasteiger partial charge >= 0.3 is 0 Å². The van der Waals surface area contributed by atoms with Crippen LogP contribution in [0.25, 0.3) is 0 Å². The molecule has 24 heavy (non-hydrogen) atoms. The second-order valence-electron chi connectivity index (χ2n) is 7.59. The van der Waals surface area contributed by atoms with Crippen LogP contribution in [-0.4, -0.2) is 31.6 Å². The number of anilines is 1. The van der Waals surface area contributed by atoms with Gasteiger partial charge in [0.2, 0.25) is 5.91 Å². The normalized spacial score (nSPS) is 20.9. The first kappa shape index (κ1) is 17.4. The molecule has 1 aromatic carbocycles. The van der Waals surface area contributed by atoms with Crippen molar-refractivity contribution in [1.82, 2.24) is 10.6 Å². The van der Waals surface area contributed by atoms with Gasteiger partial charge < -0.3 is 16.0 Å². The van der Waals surface area contributed by atoms with Gasteiger partial charge in [-0.3, -0.25) is 4.79 Å². The Morgan fingerprint density at radius 2 is 1.88 bits per heavy atom. The van der Waals surface area contributed by atoms with Crippen molar-refractivity contribution in [2.45, 2.75) is 57.9 Å². The summed E-state index contributed by atoms with van der Waals surface area (Å²) in [4.78, 5) is 12.1. The highest BCUT2D eigenvalue weighted by atomic mass is 16.1. The maximum atomic E-state index is 12.1. The summed E-state index contributed by atoms with van der Waals surface area (Å²) in [5, 5.41) is 10.1. The summed E-state index contributed by atoms with van der Waals surface area (Å²) in [7, 11) is 0. The van der Waals surface area contributed by atoms with Crippen LogP contribution < -0.4 is 16.0 Å². The molecule has 1 saturated heterocycles. The molecular weight excluding hydrogens is 298 g/mol.